The van der Waals surface area contributed by atoms with Crippen molar-refractivity contribution >= 4 is 17.4 Å². The van der Waals surface area contributed by atoms with E-state index >= 15 is 0 Å². The maximum absolute atomic E-state index is 11.1. The molecule has 1 saturated carbocycles. The molecule has 2 N–H and O–H groups in total. The Labute approximate surface area is 240 Å². The maximum atomic E-state index is 11.1. The number of anilines is 1. The van der Waals surface area contributed by atoms with Crippen LogP contribution in [-0.2, 0) is 10.3 Å². The molecule has 5 rings (SSSR count). The molecular formula is C32H34ClN3O4. The van der Waals surface area contributed by atoms with E-state index in [1.807, 2.05) is 66.7 Å². The number of hydrogen-bond acceptors (Lipinski definition) is 7. The molecule has 0 amide bonds. The largest absolute Gasteiger partial charge is 0.497 e. The van der Waals surface area contributed by atoms with Crippen LogP contribution < -0.4 is 14.8 Å². The van der Waals surface area contributed by atoms with E-state index < -0.39 is 11.7 Å². The van der Waals surface area contributed by atoms with E-state index in [1.54, 1.807) is 27.2 Å². The summed E-state index contributed by atoms with van der Waals surface area (Å²) in [4.78, 5) is 8.57. The zero-order chi connectivity index (χ0) is 28.1. The molecule has 3 aromatic carbocycles. The first-order valence-electron chi connectivity index (χ1n) is 13.4. The van der Waals surface area contributed by atoms with Gasteiger partial charge in [0.15, 0.2) is 0 Å². The Bertz CT molecular complexity index is 1330. The van der Waals surface area contributed by atoms with Crippen molar-refractivity contribution in [2.24, 2.45) is 5.92 Å². The van der Waals surface area contributed by atoms with Crippen LogP contribution in [0.5, 0.6) is 11.5 Å². The van der Waals surface area contributed by atoms with Gasteiger partial charge in [0, 0.05) is 18.0 Å². The molecule has 3 atom stereocenters. The van der Waals surface area contributed by atoms with Gasteiger partial charge in [-0.15, -0.1) is 0 Å². The van der Waals surface area contributed by atoms with Crippen molar-refractivity contribution in [1.82, 2.24) is 9.97 Å². The summed E-state index contributed by atoms with van der Waals surface area (Å²) in [5, 5.41) is 14.9. The third-order valence-electron chi connectivity index (χ3n) is 7.50. The minimum Gasteiger partial charge on any atom is -0.497 e. The maximum Gasteiger partial charge on any atom is 0.143 e. The van der Waals surface area contributed by atoms with Crippen molar-refractivity contribution in [2.75, 3.05) is 26.1 Å². The van der Waals surface area contributed by atoms with E-state index in [0.29, 0.717) is 29.8 Å². The number of ether oxygens (including phenoxy) is 3. The first-order chi connectivity index (χ1) is 19.4. The average molecular weight is 560 g/mol. The Hall–Kier alpha value is -3.65. The van der Waals surface area contributed by atoms with Crippen LogP contribution in [0, 0.1) is 12.8 Å². The summed E-state index contributed by atoms with van der Waals surface area (Å²) in [7, 11) is 3.31. The predicted molar refractivity (Wildman–Crippen MR) is 156 cm³/mol. The molecule has 0 unspecified atom stereocenters. The number of benzene rings is 3. The molecule has 4 aromatic rings. The molecule has 1 aromatic heterocycles. The van der Waals surface area contributed by atoms with Crippen LogP contribution in [0.15, 0.2) is 84.9 Å². The second kappa shape index (κ2) is 12.3. The zero-order valence-electron chi connectivity index (χ0n) is 22.9. The van der Waals surface area contributed by atoms with Crippen molar-refractivity contribution < 1.29 is 19.3 Å². The van der Waals surface area contributed by atoms with Gasteiger partial charge in [0.2, 0.25) is 0 Å². The number of nitrogens with zero attached hydrogens (tertiary/aromatic N) is 2. The van der Waals surface area contributed by atoms with Crippen LogP contribution >= 0.6 is 11.6 Å². The fourth-order valence-corrected chi connectivity index (χ4v) is 5.75. The molecule has 1 heterocycles. The van der Waals surface area contributed by atoms with E-state index in [2.05, 4.69) is 27.4 Å². The molecular weight excluding hydrogens is 526 g/mol. The van der Waals surface area contributed by atoms with E-state index in [-0.39, 0.29) is 12.0 Å². The van der Waals surface area contributed by atoms with Gasteiger partial charge in [0.05, 0.1) is 26.9 Å². The molecule has 208 valence electrons. The minimum absolute atomic E-state index is 0.0297. The molecule has 0 aliphatic heterocycles. The number of aliphatic hydroxyl groups is 1. The topological polar surface area (TPSA) is 85.7 Å². The first-order valence-corrected chi connectivity index (χ1v) is 13.7. The van der Waals surface area contributed by atoms with Gasteiger partial charge in [-0.2, -0.15) is 0 Å². The number of rotatable bonds is 10. The number of hydrogen-bond donors (Lipinski definition) is 2. The Balaban J connectivity index is 1.47. The fourth-order valence-electron chi connectivity index (χ4n) is 5.52. The van der Waals surface area contributed by atoms with E-state index in [9.17, 15) is 5.11 Å². The highest BCUT2D eigenvalue weighted by Gasteiger charge is 2.41. The smallest absolute Gasteiger partial charge is 0.143 e. The number of aliphatic hydroxyl groups excluding tert-OH is 1. The second-order valence-corrected chi connectivity index (χ2v) is 10.5. The van der Waals surface area contributed by atoms with Crippen molar-refractivity contribution in [3.63, 3.8) is 0 Å². The predicted octanol–water partition coefficient (Wildman–Crippen LogP) is 6.02. The van der Waals surface area contributed by atoms with Crippen LogP contribution in [0.2, 0.25) is 5.15 Å². The number of halogens is 1. The average Bonchev–Trinajstić information content (AvgIpc) is 3.32. The third kappa shape index (κ3) is 5.92. The summed E-state index contributed by atoms with van der Waals surface area (Å²) in [5.74, 6) is 2.70. The Morgan fingerprint density at radius 1 is 0.850 bits per heavy atom. The van der Waals surface area contributed by atoms with E-state index in [1.165, 1.54) is 0 Å². The molecule has 1 fully saturated rings. The number of aromatic nitrogens is 2. The van der Waals surface area contributed by atoms with Crippen molar-refractivity contribution in [3.8, 4) is 11.5 Å². The Morgan fingerprint density at radius 3 is 1.98 bits per heavy atom. The van der Waals surface area contributed by atoms with Crippen molar-refractivity contribution in [1.29, 1.82) is 0 Å². The fraction of sp³-hybridized carbons (Fsp3) is 0.312. The molecule has 0 radical (unpaired) electrons. The lowest BCUT2D eigenvalue weighted by molar-refractivity contribution is -0.0295. The van der Waals surface area contributed by atoms with Crippen LogP contribution in [-0.4, -0.2) is 48.0 Å². The van der Waals surface area contributed by atoms with Crippen molar-refractivity contribution in [2.45, 2.75) is 37.5 Å². The Kier molecular flexibility index (Phi) is 8.54. The normalized spacial score (nSPS) is 18.9. The summed E-state index contributed by atoms with van der Waals surface area (Å²) in [6, 6.07) is 27.8. The summed E-state index contributed by atoms with van der Waals surface area (Å²) in [6.07, 6.45) is 0.770. The van der Waals surface area contributed by atoms with Crippen LogP contribution in [0.3, 0.4) is 0 Å². The molecule has 1 aliphatic carbocycles. The summed E-state index contributed by atoms with van der Waals surface area (Å²) in [5.41, 5.74) is 1.97. The zero-order valence-corrected chi connectivity index (χ0v) is 23.6. The van der Waals surface area contributed by atoms with Gasteiger partial charge in [0.1, 0.15) is 33.9 Å². The van der Waals surface area contributed by atoms with Gasteiger partial charge < -0.3 is 24.6 Å². The van der Waals surface area contributed by atoms with Gasteiger partial charge in [-0.3, -0.25) is 0 Å². The quantitative estimate of drug-likeness (QED) is 0.182. The Morgan fingerprint density at radius 2 is 1.43 bits per heavy atom. The third-order valence-corrected chi connectivity index (χ3v) is 7.70. The summed E-state index contributed by atoms with van der Waals surface area (Å²) < 4.78 is 17.9. The van der Waals surface area contributed by atoms with Crippen LogP contribution in [0.25, 0.3) is 0 Å². The second-order valence-electron chi connectivity index (χ2n) is 10.1. The molecule has 0 bridgehead atoms. The standard InChI is InChI=1S/C32H34ClN3O4/c1-21-34-30(33)19-31(35-21)36-26-17-22(29(37)18-26)20-40-32(23-7-5-4-6-8-23,24-9-13-27(38-2)14-10-24)25-11-15-28(39-3)16-12-25/h4-16,19,22,26,29,37H,17-18,20H2,1-3H3,(H,34,35,36)/t22-,26-,29+/m1/s1. The lowest BCUT2D eigenvalue weighted by atomic mass is 9.80. The number of aryl methyl sites for hydroxylation is 1. The molecule has 0 spiro atoms. The van der Waals surface area contributed by atoms with Crippen molar-refractivity contribution in [3.05, 3.63) is 113 Å². The lowest BCUT2D eigenvalue weighted by Crippen LogP contribution is -2.35. The van der Waals surface area contributed by atoms with Crippen LogP contribution in [0.1, 0.15) is 35.4 Å². The molecule has 8 heteroatoms. The first kappa shape index (κ1) is 27.9. The lowest BCUT2D eigenvalue weighted by Gasteiger charge is -2.37. The molecule has 7 nitrogen and oxygen atoms in total. The molecule has 40 heavy (non-hydrogen) atoms. The number of methoxy groups -OCH3 is 2. The van der Waals surface area contributed by atoms with E-state index in [0.717, 1.165) is 34.6 Å². The van der Waals surface area contributed by atoms with Gasteiger partial charge in [-0.25, -0.2) is 9.97 Å². The summed E-state index contributed by atoms with van der Waals surface area (Å²) in [6.45, 7) is 2.15. The number of nitrogens with one attached hydrogen (secondary N) is 1. The van der Waals surface area contributed by atoms with Gasteiger partial charge >= 0.3 is 0 Å². The molecule has 0 saturated heterocycles. The highest BCUT2D eigenvalue weighted by molar-refractivity contribution is 6.29. The molecule has 1 aliphatic rings. The SMILES string of the molecule is COc1ccc(C(OC[C@H]2C[C@@H](Nc3cc(Cl)nc(C)n3)C[C@@H]2O)(c2ccccc2)c2ccc(OC)cc2)cc1. The van der Waals surface area contributed by atoms with Gasteiger partial charge in [0.25, 0.3) is 0 Å². The van der Waals surface area contributed by atoms with Gasteiger partial charge in [-0.05, 0) is 60.7 Å². The summed E-state index contributed by atoms with van der Waals surface area (Å²) >= 11 is 6.13. The van der Waals surface area contributed by atoms with Crippen LogP contribution in [0.4, 0.5) is 5.82 Å². The highest BCUT2D eigenvalue weighted by Crippen LogP contribution is 2.43. The minimum atomic E-state index is -0.928. The van der Waals surface area contributed by atoms with Gasteiger partial charge in [-0.1, -0.05) is 66.2 Å². The highest BCUT2D eigenvalue weighted by atomic mass is 35.5. The van der Waals surface area contributed by atoms with E-state index in [4.69, 9.17) is 25.8 Å². The monoisotopic (exact) mass is 559 g/mol.